The Bertz CT molecular complexity index is 1240. The van der Waals surface area contributed by atoms with Gasteiger partial charge in [0.25, 0.3) is 5.89 Å². The van der Waals surface area contributed by atoms with Crippen molar-refractivity contribution in [2.24, 2.45) is 11.8 Å². The molecule has 5 rings (SSSR count). The number of nitrogens with zero attached hydrogens (tertiary/aromatic N) is 3. The number of amides is 1. The number of aryl methyl sites for hydroxylation is 2. The molecule has 1 N–H and O–H groups in total. The molecule has 38 heavy (non-hydrogen) atoms. The molecule has 0 bridgehead atoms. The zero-order chi connectivity index (χ0) is 26.6. The molecular formula is C31H39N3O4. The summed E-state index contributed by atoms with van der Waals surface area (Å²) in [5.41, 5.74) is 4.26. The van der Waals surface area contributed by atoms with Crippen molar-refractivity contribution in [3.8, 4) is 17.2 Å². The predicted octanol–water partition coefficient (Wildman–Crippen LogP) is 6.22. The number of aliphatic hydroxyl groups excluding tert-OH is 1. The van der Waals surface area contributed by atoms with Crippen molar-refractivity contribution < 1.29 is 19.2 Å². The Morgan fingerprint density at radius 3 is 2.45 bits per heavy atom. The van der Waals surface area contributed by atoms with Gasteiger partial charge in [-0.15, -0.1) is 0 Å². The zero-order valence-corrected chi connectivity index (χ0v) is 22.7. The summed E-state index contributed by atoms with van der Waals surface area (Å²) in [4.78, 5) is 20.3. The summed E-state index contributed by atoms with van der Waals surface area (Å²) in [6.45, 7) is 4.61. The number of carbonyl (C=O) groups is 1. The van der Waals surface area contributed by atoms with Crippen LogP contribution in [-0.4, -0.2) is 40.9 Å². The number of hydrogen-bond donors (Lipinski definition) is 1. The third-order valence-corrected chi connectivity index (χ3v) is 8.42. The van der Waals surface area contributed by atoms with Crippen LogP contribution in [0.3, 0.4) is 0 Å². The lowest BCUT2D eigenvalue weighted by atomic mass is 9.78. The quantitative estimate of drug-likeness (QED) is 0.400. The molecule has 1 heterocycles. The highest BCUT2D eigenvalue weighted by Crippen LogP contribution is 2.39. The van der Waals surface area contributed by atoms with E-state index in [9.17, 15) is 9.90 Å². The molecule has 1 amide bonds. The van der Waals surface area contributed by atoms with Crippen molar-refractivity contribution in [1.29, 1.82) is 0 Å². The van der Waals surface area contributed by atoms with E-state index in [1.54, 1.807) is 14.0 Å². The smallest absolute Gasteiger partial charge is 0.257 e. The fourth-order valence-electron chi connectivity index (χ4n) is 6.18. The zero-order valence-electron chi connectivity index (χ0n) is 22.7. The van der Waals surface area contributed by atoms with Crippen molar-refractivity contribution in [2.75, 3.05) is 18.6 Å². The number of aliphatic hydroxyl groups is 1. The molecule has 1 aromatic heterocycles. The Hall–Kier alpha value is -3.19. The maximum atomic E-state index is 13.9. The summed E-state index contributed by atoms with van der Waals surface area (Å²) in [5.74, 6) is 3.09. The topological polar surface area (TPSA) is 88.7 Å². The minimum absolute atomic E-state index is 0.0497. The van der Waals surface area contributed by atoms with Gasteiger partial charge in [-0.05, 0) is 112 Å². The monoisotopic (exact) mass is 517 g/mol. The third-order valence-electron chi connectivity index (χ3n) is 8.42. The van der Waals surface area contributed by atoms with Crippen LogP contribution in [0.2, 0.25) is 0 Å². The molecule has 2 aromatic carbocycles. The fraction of sp³-hybridized carbons (Fsp3) is 0.516. The van der Waals surface area contributed by atoms with Crippen LogP contribution in [0.5, 0.6) is 5.75 Å². The Kier molecular flexibility index (Phi) is 8.12. The average Bonchev–Trinajstić information content (AvgIpc) is 3.38. The number of methoxy groups -OCH3 is 1. The van der Waals surface area contributed by atoms with Crippen LogP contribution in [0.15, 0.2) is 47.0 Å². The van der Waals surface area contributed by atoms with Crippen LogP contribution >= 0.6 is 0 Å². The third kappa shape index (κ3) is 5.93. The Balaban J connectivity index is 1.32. The van der Waals surface area contributed by atoms with Gasteiger partial charge in [-0.25, -0.2) is 0 Å². The Labute approximate surface area is 225 Å². The number of carbonyl (C=O) groups excluding carboxylic acids is 1. The summed E-state index contributed by atoms with van der Waals surface area (Å²) >= 11 is 0. The van der Waals surface area contributed by atoms with Crippen molar-refractivity contribution in [3.05, 3.63) is 59.4 Å². The van der Waals surface area contributed by atoms with Gasteiger partial charge in [0.2, 0.25) is 5.91 Å². The minimum atomic E-state index is -0.284. The normalized spacial score (nSPS) is 23.7. The molecule has 3 aromatic rings. The summed E-state index contributed by atoms with van der Waals surface area (Å²) < 4.78 is 10.8. The van der Waals surface area contributed by atoms with Gasteiger partial charge in [0, 0.05) is 23.7 Å². The molecule has 0 saturated heterocycles. The fourth-order valence-corrected chi connectivity index (χ4v) is 6.18. The number of ether oxygens (including phenoxy) is 1. The number of aromatic nitrogens is 2. The van der Waals surface area contributed by atoms with Crippen LogP contribution < -0.4 is 9.64 Å². The molecule has 2 fully saturated rings. The highest BCUT2D eigenvalue weighted by atomic mass is 16.5. The van der Waals surface area contributed by atoms with Crippen molar-refractivity contribution in [1.82, 2.24) is 10.1 Å². The van der Waals surface area contributed by atoms with E-state index in [1.165, 1.54) is 11.1 Å². The molecule has 2 saturated carbocycles. The van der Waals surface area contributed by atoms with Gasteiger partial charge in [-0.2, -0.15) is 4.98 Å². The van der Waals surface area contributed by atoms with Gasteiger partial charge in [0.15, 0.2) is 5.82 Å². The maximum Gasteiger partial charge on any atom is 0.257 e. The second-order valence-electron chi connectivity index (χ2n) is 11.1. The maximum absolute atomic E-state index is 13.9. The molecule has 7 nitrogen and oxygen atoms in total. The van der Waals surface area contributed by atoms with Crippen molar-refractivity contribution >= 4 is 11.6 Å². The first-order chi connectivity index (χ1) is 18.4. The van der Waals surface area contributed by atoms with Gasteiger partial charge in [-0.1, -0.05) is 23.4 Å². The van der Waals surface area contributed by atoms with E-state index in [1.807, 2.05) is 29.2 Å². The molecule has 0 unspecified atom stereocenters. The SMILES string of the molecule is COc1ccc(C2CCC(CN(C(=O)C3CCC(O)CC3)c3cccc(-c4nc(C)no4)c3)CC2)cc1C. The second kappa shape index (κ2) is 11.7. The lowest BCUT2D eigenvalue weighted by Gasteiger charge is -2.36. The molecule has 0 spiro atoms. The first-order valence-corrected chi connectivity index (χ1v) is 14.0. The van der Waals surface area contributed by atoms with E-state index in [0.717, 1.165) is 55.5 Å². The Morgan fingerprint density at radius 2 is 1.79 bits per heavy atom. The van der Waals surface area contributed by atoms with Gasteiger partial charge < -0.3 is 19.3 Å². The molecule has 0 radical (unpaired) electrons. The molecule has 0 aliphatic heterocycles. The molecule has 202 valence electrons. The summed E-state index contributed by atoms with van der Waals surface area (Å²) in [7, 11) is 1.72. The van der Waals surface area contributed by atoms with Gasteiger partial charge >= 0.3 is 0 Å². The number of rotatable bonds is 7. The van der Waals surface area contributed by atoms with Gasteiger partial charge in [0.1, 0.15) is 5.75 Å². The van der Waals surface area contributed by atoms with Crippen molar-refractivity contribution in [3.63, 3.8) is 0 Å². The summed E-state index contributed by atoms with van der Waals surface area (Å²) in [5, 5.41) is 13.9. The van der Waals surface area contributed by atoms with E-state index in [0.29, 0.717) is 42.9 Å². The van der Waals surface area contributed by atoms with E-state index in [-0.39, 0.29) is 17.9 Å². The number of hydrogen-bond acceptors (Lipinski definition) is 6. The van der Waals surface area contributed by atoms with Crippen LogP contribution in [0.1, 0.15) is 74.2 Å². The minimum Gasteiger partial charge on any atom is -0.496 e. The molecular weight excluding hydrogens is 478 g/mol. The highest BCUT2D eigenvalue weighted by molar-refractivity contribution is 5.95. The largest absolute Gasteiger partial charge is 0.496 e. The van der Waals surface area contributed by atoms with Crippen LogP contribution in [0.4, 0.5) is 5.69 Å². The lowest BCUT2D eigenvalue weighted by Crippen LogP contribution is -2.41. The van der Waals surface area contributed by atoms with Crippen molar-refractivity contribution in [2.45, 2.75) is 77.2 Å². The van der Waals surface area contributed by atoms with E-state index < -0.39 is 0 Å². The molecule has 0 atom stereocenters. The molecule has 2 aliphatic rings. The first-order valence-electron chi connectivity index (χ1n) is 14.0. The number of anilines is 1. The molecule has 2 aliphatic carbocycles. The van der Waals surface area contributed by atoms with E-state index in [2.05, 4.69) is 35.3 Å². The Morgan fingerprint density at radius 1 is 1.03 bits per heavy atom. The van der Waals surface area contributed by atoms with E-state index in [4.69, 9.17) is 9.26 Å². The predicted molar refractivity (Wildman–Crippen MR) is 147 cm³/mol. The molecule has 7 heteroatoms. The second-order valence-corrected chi connectivity index (χ2v) is 11.1. The van der Waals surface area contributed by atoms with Crippen LogP contribution in [0.25, 0.3) is 11.5 Å². The first kappa shape index (κ1) is 26.4. The van der Waals surface area contributed by atoms with Crippen LogP contribution in [-0.2, 0) is 4.79 Å². The standard InChI is InChI=1S/C31H39N3O4/c1-20-17-25(13-16-29(20)37-3)23-9-7-22(8-10-23)19-34(31(36)24-11-14-28(35)15-12-24)27-6-4-5-26(18-27)30-32-21(2)33-38-30/h4-6,13,16-18,22-24,28,35H,7-12,14-15,19H2,1-3H3. The van der Waals surface area contributed by atoms with Gasteiger partial charge in [-0.3, -0.25) is 4.79 Å². The summed E-state index contributed by atoms with van der Waals surface area (Å²) in [6, 6.07) is 14.4. The van der Waals surface area contributed by atoms with Crippen LogP contribution in [0, 0.1) is 25.7 Å². The lowest BCUT2D eigenvalue weighted by molar-refractivity contribution is -0.124. The average molecular weight is 518 g/mol. The van der Waals surface area contributed by atoms with E-state index >= 15 is 0 Å². The number of benzene rings is 2. The summed E-state index contributed by atoms with van der Waals surface area (Å²) in [6.07, 6.45) is 7.00. The van der Waals surface area contributed by atoms with Gasteiger partial charge in [0.05, 0.1) is 13.2 Å². The highest BCUT2D eigenvalue weighted by Gasteiger charge is 2.32.